The van der Waals surface area contributed by atoms with E-state index in [-0.39, 0.29) is 0 Å². The van der Waals surface area contributed by atoms with Crippen LogP contribution in [0.5, 0.6) is 0 Å². The molecule has 0 aliphatic rings. The highest BCUT2D eigenvalue weighted by molar-refractivity contribution is 6.27. The van der Waals surface area contributed by atoms with Crippen molar-refractivity contribution in [2.24, 2.45) is 0 Å². The first-order valence-electron chi connectivity index (χ1n) is 14.1. The van der Waals surface area contributed by atoms with Crippen molar-refractivity contribution >= 4 is 60.2 Å². The number of anilines is 3. The zero-order valence-electron chi connectivity index (χ0n) is 22.5. The van der Waals surface area contributed by atoms with Crippen molar-refractivity contribution < 1.29 is 0 Å². The Morgan fingerprint density at radius 3 is 1.22 bits per heavy atom. The summed E-state index contributed by atoms with van der Waals surface area (Å²) in [5.41, 5.74) is 5.85. The molecule has 0 saturated heterocycles. The number of hydrogen-bond acceptors (Lipinski definition) is 1. The monoisotopic (exact) mass is 521 g/mol. The second-order valence-corrected chi connectivity index (χ2v) is 10.6. The van der Waals surface area contributed by atoms with E-state index >= 15 is 0 Å². The van der Waals surface area contributed by atoms with E-state index in [0.717, 1.165) is 17.1 Å². The summed E-state index contributed by atoms with van der Waals surface area (Å²) < 4.78 is 0. The highest BCUT2D eigenvalue weighted by atomic mass is 15.1. The molecule has 0 aromatic heterocycles. The molecule has 0 bridgehead atoms. The third kappa shape index (κ3) is 4.02. The molecule has 0 radical (unpaired) electrons. The lowest BCUT2D eigenvalue weighted by atomic mass is 9.91. The lowest BCUT2D eigenvalue weighted by molar-refractivity contribution is 1.28. The van der Waals surface area contributed by atoms with Gasteiger partial charge in [-0.3, -0.25) is 0 Å². The van der Waals surface area contributed by atoms with Crippen molar-refractivity contribution in [3.05, 3.63) is 164 Å². The fourth-order valence-corrected chi connectivity index (χ4v) is 6.23. The predicted molar refractivity (Wildman–Crippen MR) is 177 cm³/mol. The van der Waals surface area contributed by atoms with Gasteiger partial charge in [-0.2, -0.15) is 0 Å². The first kappa shape index (κ1) is 23.5. The fraction of sp³-hybridized carbons (Fsp3) is 0. The van der Waals surface area contributed by atoms with Crippen LogP contribution in [0.1, 0.15) is 0 Å². The van der Waals surface area contributed by atoms with Crippen molar-refractivity contribution in [1.29, 1.82) is 0 Å². The van der Waals surface area contributed by atoms with Gasteiger partial charge in [0.1, 0.15) is 0 Å². The molecule has 8 aromatic rings. The van der Waals surface area contributed by atoms with Gasteiger partial charge in [0.2, 0.25) is 0 Å². The van der Waals surface area contributed by atoms with Crippen LogP contribution in [-0.2, 0) is 0 Å². The fourth-order valence-electron chi connectivity index (χ4n) is 6.23. The second kappa shape index (κ2) is 9.66. The summed E-state index contributed by atoms with van der Waals surface area (Å²) in [7, 11) is 0. The van der Waals surface area contributed by atoms with Gasteiger partial charge >= 0.3 is 0 Å². The molecule has 41 heavy (non-hydrogen) atoms. The van der Waals surface area contributed by atoms with Crippen LogP contribution in [0.2, 0.25) is 0 Å². The second-order valence-electron chi connectivity index (χ2n) is 10.6. The topological polar surface area (TPSA) is 3.24 Å². The van der Waals surface area contributed by atoms with Crippen molar-refractivity contribution in [2.45, 2.75) is 0 Å². The molecule has 0 spiro atoms. The van der Waals surface area contributed by atoms with Crippen LogP contribution in [-0.4, -0.2) is 0 Å². The first-order valence-corrected chi connectivity index (χ1v) is 14.1. The number of rotatable bonds is 4. The summed E-state index contributed by atoms with van der Waals surface area (Å²) in [5, 5.41) is 10.4. The average molecular weight is 522 g/mol. The van der Waals surface area contributed by atoms with Crippen molar-refractivity contribution in [2.75, 3.05) is 4.90 Å². The molecular weight excluding hydrogens is 494 g/mol. The van der Waals surface area contributed by atoms with Crippen molar-refractivity contribution in [3.63, 3.8) is 0 Å². The highest BCUT2D eigenvalue weighted by Crippen LogP contribution is 2.39. The maximum absolute atomic E-state index is 2.38. The first-order chi connectivity index (χ1) is 20.3. The Kier molecular flexibility index (Phi) is 5.53. The minimum absolute atomic E-state index is 1.14. The molecule has 192 valence electrons. The van der Waals surface area contributed by atoms with E-state index in [1.807, 2.05) is 0 Å². The molecule has 0 aliphatic carbocycles. The van der Waals surface area contributed by atoms with Crippen LogP contribution >= 0.6 is 0 Å². The van der Waals surface area contributed by atoms with Crippen LogP contribution in [0.3, 0.4) is 0 Å². The van der Waals surface area contributed by atoms with E-state index in [9.17, 15) is 0 Å². The predicted octanol–water partition coefficient (Wildman–Crippen LogP) is 11.4. The van der Waals surface area contributed by atoms with Crippen LogP contribution in [0, 0.1) is 0 Å². The summed E-state index contributed by atoms with van der Waals surface area (Å²) in [4.78, 5) is 2.30. The molecule has 8 aromatic carbocycles. The number of benzene rings is 8. The van der Waals surface area contributed by atoms with E-state index in [1.165, 1.54) is 54.2 Å². The van der Waals surface area contributed by atoms with Crippen molar-refractivity contribution in [3.8, 4) is 11.1 Å². The van der Waals surface area contributed by atoms with Gasteiger partial charge in [-0.1, -0.05) is 109 Å². The third-order valence-electron chi connectivity index (χ3n) is 8.19. The molecule has 1 heteroatoms. The number of para-hydroxylation sites is 2. The Balaban J connectivity index is 1.24. The van der Waals surface area contributed by atoms with E-state index in [2.05, 4.69) is 169 Å². The Hall–Kier alpha value is -5.40. The SMILES string of the molecule is c1ccc(N(c2ccccc2)c2ccc(-c3ccc4cc5c6ccccc6c6ccccc6c5cc4c3)cc2)cc1. The largest absolute Gasteiger partial charge is 0.311 e. The van der Waals surface area contributed by atoms with Gasteiger partial charge in [-0.15, -0.1) is 0 Å². The summed E-state index contributed by atoms with van der Waals surface area (Å²) in [6, 6.07) is 59.1. The lowest BCUT2D eigenvalue weighted by Gasteiger charge is -2.25. The summed E-state index contributed by atoms with van der Waals surface area (Å²) >= 11 is 0. The van der Waals surface area contributed by atoms with Gasteiger partial charge in [0.05, 0.1) is 0 Å². The number of nitrogens with zero attached hydrogens (tertiary/aromatic N) is 1. The highest BCUT2D eigenvalue weighted by Gasteiger charge is 2.13. The normalized spacial score (nSPS) is 11.4. The van der Waals surface area contributed by atoms with Gasteiger partial charge in [0.15, 0.2) is 0 Å². The third-order valence-corrected chi connectivity index (χ3v) is 8.19. The Morgan fingerprint density at radius 2 is 0.683 bits per heavy atom. The zero-order chi connectivity index (χ0) is 27.2. The van der Waals surface area contributed by atoms with Crippen molar-refractivity contribution in [1.82, 2.24) is 0 Å². The molecule has 0 unspecified atom stereocenters. The van der Waals surface area contributed by atoms with E-state index in [1.54, 1.807) is 0 Å². The van der Waals surface area contributed by atoms with Gasteiger partial charge in [-0.25, -0.2) is 0 Å². The number of hydrogen-bond donors (Lipinski definition) is 0. The van der Waals surface area contributed by atoms with E-state index in [0.29, 0.717) is 0 Å². The van der Waals surface area contributed by atoms with E-state index in [4.69, 9.17) is 0 Å². The summed E-state index contributed by atoms with van der Waals surface area (Å²) in [5.74, 6) is 0. The molecule has 0 saturated carbocycles. The molecule has 0 amide bonds. The molecule has 0 fully saturated rings. The molecule has 0 N–H and O–H groups in total. The van der Waals surface area contributed by atoms with E-state index < -0.39 is 0 Å². The molecule has 8 rings (SSSR count). The standard InChI is InChI=1S/C40H27N/c1-3-11-32(12-4-1)41(33-13-5-2-6-14-33)34-23-21-28(22-24-34)29-19-20-30-26-39-37-17-9-7-15-35(37)36-16-8-10-18-38(36)40(39)27-31(30)25-29/h1-27H. The van der Waals surface area contributed by atoms with Crippen LogP contribution in [0.25, 0.3) is 54.2 Å². The Labute approximate surface area is 239 Å². The van der Waals surface area contributed by atoms with Crippen LogP contribution < -0.4 is 4.90 Å². The maximum Gasteiger partial charge on any atom is 0.0462 e. The smallest absolute Gasteiger partial charge is 0.0462 e. The Bertz CT molecular complexity index is 2140. The van der Waals surface area contributed by atoms with Gasteiger partial charge < -0.3 is 4.90 Å². The molecular formula is C40H27N. The maximum atomic E-state index is 2.38. The average Bonchev–Trinajstić information content (AvgIpc) is 3.05. The zero-order valence-corrected chi connectivity index (χ0v) is 22.5. The quantitative estimate of drug-likeness (QED) is 0.164. The molecule has 0 atom stereocenters. The van der Waals surface area contributed by atoms with Gasteiger partial charge in [-0.05, 0) is 109 Å². The summed E-state index contributed by atoms with van der Waals surface area (Å²) in [6.07, 6.45) is 0. The number of fused-ring (bicyclic) bond motifs is 7. The minimum atomic E-state index is 1.14. The Morgan fingerprint density at radius 1 is 0.268 bits per heavy atom. The molecule has 0 aliphatic heterocycles. The summed E-state index contributed by atoms with van der Waals surface area (Å²) in [6.45, 7) is 0. The van der Waals surface area contributed by atoms with Gasteiger partial charge in [0.25, 0.3) is 0 Å². The lowest BCUT2D eigenvalue weighted by Crippen LogP contribution is -2.09. The minimum Gasteiger partial charge on any atom is -0.311 e. The molecule has 0 heterocycles. The van der Waals surface area contributed by atoms with Crippen LogP contribution in [0.4, 0.5) is 17.1 Å². The molecule has 1 nitrogen and oxygen atoms in total. The van der Waals surface area contributed by atoms with Crippen LogP contribution in [0.15, 0.2) is 164 Å². The van der Waals surface area contributed by atoms with Gasteiger partial charge in [0, 0.05) is 17.1 Å².